The second kappa shape index (κ2) is 8.62. The number of para-hydroxylation sites is 1. The largest absolute Gasteiger partial charge is 0.272 e. The van der Waals surface area contributed by atoms with E-state index < -0.39 is 0 Å². The van der Waals surface area contributed by atoms with Gasteiger partial charge < -0.3 is 0 Å². The summed E-state index contributed by atoms with van der Waals surface area (Å²) in [5.41, 5.74) is 8.57. The van der Waals surface area contributed by atoms with Crippen LogP contribution in [-0.2, 0) is 0 Å². The molecule has 1 aliphatic rings. The van der Waals surface area contributed by atoms with Crippen LogP contribution in [0.4, 0.5) is 0 Å². The molecule has 0 aliphatic heterocycles. The van der Waals surface area contributed by atoms with Gasteiger partial charge in [-0.15, -0.1) is 0 Å². The summed E-state index contributed by atoms with van der Waals surface area (Å²) < 4.78 is 0. The second-order valence-corrected chi connectivity index (χ2v) is 8.29. The van der Waals surface area contributed by atoms with Crippen LogP contribution >= 0.6 is 0 Å². The molecule has 1 saturated carbocycles. The summed E-state index contributed by atoms with van der Waals surface area (Å²) in [7, 11) is 0. The summed E-state index contributed by atoms with van der Waals surface area (Å²) in [6, 6.07) is 18.2. The lowest BCUT2D eigenvalue weighted by Crippen LogP contribution is -2.18. The van der Waals surface area contributed by atoms with Gasteiger partial charge in [-0.25, -0.2) is 5.43 Å². The predicted molar refractivity (Wildman–Crippen MR) is 124 cm³/mol. The minimum absolute atomic E-state index is 0.208. The number of benzene rings is 2. The summed E-state index contributed by atoms with van der Waals surface area (Å²) >= 11 is 0. The van der Waals surface area contributed by atoms with Crippen molar-refractivity contribution in [2.24, 2.45) is 5.10 Å². The molecule has 0 unspecified atom stereocenters. The summed E-state index contributed by atoms with van der Waals surface area (Å²) in [6.45, 7) is 6.34. The molecule has 0 atom stereocenters. The Morgan fingerprint density at radius 1 is 1.13 bits per heavy atom. The van der Waals surface area contributed by atoms with Gasteiger partial charge in [-0.1, -0.05) is 62.4 Å². The molecule has 4 heteroatoms. The number of carbonyl (C=O) groups excluding carboxylic acids is 1. The smallest absolute Gasteiger partial charge is 0.267 e. The fourth-order valence-electron chi connectivity index (χ4n) is 3.50. The molecule has 1 amide bonds. The standard InChI is InChI=1S/C26H27N3O/c1-17(2)20-10-8-19(9-11-20)14-18(3)16-27-29-26(30)23-15-25(21-12-13-21)28-24-7-5-4-6-22(23)24/h4-11,14-17,21H,12-13H2,1-3H3,(H,29,30)/b18-14+,27-16-. The van der Waals surface area contributed by atoms with E-state index in [1.165, 1.54) is 5.56 Å². The van der Waals surface area contributed by atoms with E-state index in [1.54, 1.807) is 6.21 Å². The zero-order valence-electron chi connectivity index (χ0n) is 17.7. The zero-order chi connectivity index (χ0) is 21.1. The van der Waals surface area contributed by atoms with E-state index in [9.17, 15) is 4.79 Å². The first kappa shape index (κ1) is 20.0. The van der Waals surface area contributed by atoms with Gasteiger partial charge >= 0.3 is 0 Å². The topological polar surface area (TPSA) is 54.4 Å². The summed E-state index contributed by atoms with van der Waals surface area (Å²) in [5.74, 6) is 0.795. The first-order valence-electron chi connectivity index (χ1n) is 10.5. The number of pyridine rings is 1. The molecule has 0 saturated heterocycles. The zero-order valence-corrected chi connectivity index (χ0v) is 17.7. The molecule has 3 aromatic rings. The lowest BCUT2D eigenvalue weighted by Gasteiger charge is -2.08. The van der Waals surface area contributed by atoms with Gasteiger partial charge in [0.15, 0.2) is 0 Å². The highest BCUT2D eigenvalue weighted by Gasteiger charge is 2.26. The molecule has 1 N–H and O–H groups in total. The number of hydrogen-bond donors (Lipinski definition) is 1. The summed E-state index contributed by atoms with van der Waals surface area (Å²) in [6.07, 6.45) is 6.02. The molecule has 152 valence electrons. The lowest BCUT2D eigenvalue weighted by atomic mass is 10.0. The van der Waals surface area contributed by atoms with E-state index in [2.05, 4.69) is 48.6 Å². The maximum absolute atomic E-state index is 12.8. The van der Waals surface area contributed by atoms with Gasteiger partial charge in [-0.05, 0) is 54.5 Å². The Balaban J connectivity index is 1.48. The van der Waals surface area contributed by atoms with E-state index in [0.29, 0.717) is 17.4 Å². The van der Waals surface area contributed by atoms with Gasteiger partial charge in [0.05, 0.1) is 17.3 Å². The van der Waals surface area contributed by atoms with Crippen LogP contribution in [0.5, 0.6) is 0 Å². The molecule has 1 heterocycles. The van der Waals surface area contributed by atoms with Crippen LogP contribution < -0.4 is 5.43 Å². The van der Waals surface area contributed by atoms with Crippen molar-refractivity contribution in [1.29, 1.82) is 0 Å². The molecule has 0 spiro atoms. The van der Waals surface area contributed by atoms with Crippen LogP contribution in [0.15, 0.2) is 65.3 Å². The normalized spacial score (nSPS) is 14.6. The Hall–Kier alpha value is -3.27. The Kier molecular flexibility index (Phi) is 5.75. The number of amides is 1. The van der Waals surface area contributed by atoms with Crippen molar-refractivity contribution in [1.82, 2.24) is 10.4 Å². The predicted octanol–water partition coefficient (Wildman–Crippen LogP) is 6.05. The van der Waals surface area contributed by atoms with Crippen LogP contribution in [0, 0.1) is 0 Å². The number of rotatable bonds is 6. The van der Waals surface area contributed by atoms with Crippen molar-refractivity contribution >= 4 is 29.1 Å². The molecular weight excluding hydrogens is 370 g/mol. The third kappa shape index (κ3) is 4.65. The first-order chi connectivity index (χ1) is 14.5. The minimum atomic E-state index is -0.208. The Morgan fingerprint density at radius 3 is 2.57 bits per heavy atom. The quantitative estimate of drug-likeness (QED) is 0.406. The molecule has 2 aromatic carbocycles. The average Bonchev–Trinajstić information content (AvgIpc) is 3.58. The Bertz CT molecular complexity index is 1120. The maximum atomic E-state index is 12.8. The van der Waals surface area contributed by atoms with E-state index >= 15 is 0 Å². The van der Waals surface area contributed by atoms with Crippen molar-refractivity contribution in [2.75, 3.05) is 0 Å². The highest BCUT2D eigenvalue weighted by Crippen LogP contribution is 2.40. The molecule has 0 radical (unpaired) electrons. The third-order valence-corrected chi connectivity index (χ3v) is 5.41. The number of nitrogens with one attached hydrogen (secondary N) is 1. The van der Waals surface area contributed by atoms with E-state index in [-0.39, 0.29) is 5.91 Å². The fourth-order valence-corrected chi connectivity index (χ4v) is 3.50. The molecule has 1 fully saturated rings. The van der Waals surface area contributed by atoms with E-state index in [1.807, 2.05) is 43.3 Å². The van der Waals surface area contributed by atoms with E-state index in [4.69, 9.17) is 4.98 Å². The van der Waals surface area contributed by atoms with Gasteiger partial charge in [0, 0.05) is 17.0 Å². The van der Waals surface area contributed by atoms with Crippen LogP contribution in [0.25, 0.3) is 17.0 Å². The van der Waals surface area contributed by atoms with Crippen molar-refractivity contribution < 1.29 is 4.79 Å². The monoisotopic (exact) mass is 397 g/mol. The number of hydrazone groups is 1. The van der Waals surface area contributed by atoms with Crippen LogP contribution in [0.1, 0.15) is 72.6 Å². The lowest BCUT2D eigenvalue weighted by molar-refractivity contribution is 0.0956. The first-order valence-corrected chi connectivity index (χ1v) is 10.5. The van der Waals surface area contributed by atoms with Gasteiger partial charge in [-0.3, -0.25) is 9.78 Å². The van der Waals surface area contributed by atoms with Crippen LogP contribution in [0.2, 0.25) is 0 Å². The molecule has 1 aromatic heterocycles. The van der Waals surface area contributed by atoms with Gasteiger partial charge in [-0.2, -0.15) is 5.10 Å². The molecule has 4 rings (SSSR count). The average molecular weight is 398 g/mol. The SMILES string of the molecule is CC(/C=N\NC(=O)c1cc(C2CC2)nc2ccccc12)=C\c1ccc(C(C)C)cc1. The summed E-state index contributed by atoms with van der Waals surface area (Å²) in [5, 5.41) is 5.03. The highest BCUT2D eigenvalue weighted by atomic mass is 16.2. The van der Waals surface area contributed by atoms with Crippen molar-refractivity contribution in [3.05, 3.63) is 82.6 Å². The minimum Gasteiger partial charge on any atom is -0.267 e. The third-order valence-electron chi connectivity index (χ3n) is 5.41. The number of carbonyl (C=O) groups is 1. The summed E-state index contributed by atoms with van der Waals surface area (Å²) in [4.78, 5) is 17.5. The molecular formula is C26H27N3O. The Morgan fingerprint density at radius 2 is 1.87 bits per heavy atom. The highest BCUT2D eigenvalue weighted by molar-refractivity contribution is 6.06. The number of aromatic nitrogens is 1. The Labute approximate surface area is 177 Å². The number of nitrogens with zero attached hydrogens (tertiary/aromatic N) is 2. The number of fused-ring (bicyclic) bond motifs is 1. The van der Waals surface area contributed by atoms with Gasteiger partial charge in [0.25, 0.3) is 5.91 Å². The fraction of sp³-hybridized carbons (Fsp3) is 0.269. The van der Waals surface area contributed by atoms with Crippen molar-refractivity contribution in [3.63, 3.8) is 0 Å². The molecule has 0 bridgehead atoms. The van der Waals surface area contributed by atoms with Gasteiger partial charge in [0.1, 0.15) is 0 Å². The molecule has 30 heavy (non-hydrogen) atoms. The van der Waals surface area contributed by atoms with Crippen molar-refractivity contribution in [2.45, 2.75) is 45.4 Å². The number of allylic oxidation sites excluding steroid dienone is 1. The second-order valence-electron chi connectivity index (χ2n) is 8.29. The van der Waals surface area contributed by atoms with Crippen LogP contribution in [0.3, 0.4) is 0 Å². The van der Waals surface area contributed by atoms with Gasteiger partial charge in [0.2, 0.25) is 0 Å². The number of hydrogen-bond acceptors (Lipinski definition) is 3. The van der Waals surface area contributed by atoms with E-state index in [0.717, 1.165) is 40.6 Å². The van der Waals surface area contributed by atoms with Crippen molar-refractivity contribution in [3.8, 4) is 0 Å². The molecule has 4 nitrogen and oxygen atoms in total. The maximum Gasteiger partial charge on any atom is 0.272 e. The van der Waals surface area contributed by atoms with Crippen LogP contribution in [-0.4, -0.2) is 17.1 Å². The molecule has 1 aliphatic carbocycles.